The Bertz CT molecular complexity index is 284. The van der Waals surface area contributed by atoms with Gasteiger partial charge in [-0.15, -0.1) is 11.3 Å². The second kappa shape index (κ2) is 6.38. The Hall–Kier alpha value is -0.380. The highest BCUT2D eigenvalue weighted by molar-refractivity contribution is 7.09. The summed E-state index contributed by atoms with van der Waals surface area (Å²) in [6.07, 6.45) is 4.04. The number of thiophene rings is 1. The molecule has 3 heteroatoms. The van der Waals surface area contributed by atoms with Gasteiger partial charge in [-0.2, -0.15) is 0 Å². The molecule has 1 saturated heterocycles. The first-order valence-corrected chi connectivity index (χ1v) is 7.23. The molecule has 2 rings (SSSR count). The minimum atomic E-state index is 0.679. The lowest BCUT2D eigenvalue weighted by molar-refractivity contribution is 0.288. The molecule has 16 heavy (non-hydrogen) atoms. The Morgan fingerprint density at radius 2 is 2.50 bits per heavy atom. The van der Waals surface area contributed by atoms with Crippen LogP contribution in [0.3, 0.4) is 0 Å². The molecule has 1 fully saturated rings. The van der Waals surface area contributed by atoms with Crippen molar-refractivity contribution in [1.82, 2.24) is 10.6 Å². The number of piperidine rings is 1. The largest absolute Gasteiger partial charge is 0.313 e. The molecule has 1 aliphatic heterocycles. The van der Waals surface area contributed by atoms with E-state index in [0.29, 0.717) is 6.04 Å². The third-order valence-corrected chi connectivity index (χ3v) is 4.33. The molecule has 1 aromatic heterocycles. The van der Waals surface area contributed by atoms with Gasteiger partial charge in [-0.25, -0.2) is 0 Å². The predicted molar refractivity (Wildman–Crippen MR) is 70.8 cm³/mol. The summed E-state index contributed by atoms with van der Waals surface area (Å²) < 4.78 is 0. The summed E-state index contributed by atoms with van der Waals surface area (Å²) in [5.41, 5.74) is 0. The molecule has 0 spiro atoms. The fourth-order valence-electron chi connectivity index (χ4n) is 2.40. The first-order valence-electron chi connectivity index (χ1n) is 6.35. The van der Waals surface area contributed by atoms with E-state index < -0.39 is 0 Å². The highest BCUT2D eigenvalue weighted by Gasteiger charge is 2.19. The van der Waals surface area contributed by atoms with E-state index in [1.807, 2.05) is 11.3 Å². The third kappa shape index (κ3) is 3.58. The molecular weight excluding hydrogens is 216 g/mol. The number of rotatable bonds is 5. The van der Waals surface area contributed by atoms with Gasteiger partial charge in [0.1, 0.15) is 0 Å². The lowest BCUT2D eigenvalue weighted by Crippen LogP contribution is -2.44. The van der Waals surface area contributed by atoms with E-state index in [0.717, 1.165) is 19.0 Å². The molecule has 2 atom stereocenters. The molecule has 0 aromatic carbocycles. The van der Waals surface area contributed by atoms with Crippen molar-refractivity contribution >= 4 is 11.3 Å². The van der Waals surface area contributed by atoms with Gasteiger partial charge in [0.2, 0.25) is 0 Å². The van der Waals surface area contributed by atoms with E-state index in [1.165, 1.54) is 30.7 Å². The van der Waals surface area contributed by atoms with Gasteiger partial charge < -0.3 is 10.6 Å². The Labute approximate surface area is 102 Å². The van der Waals surface area contributed by atoms with E-state index in [-0.39, 0.29) is 0 Å². The average molecular weight is 238 g/mol. The summed E-state index contributed by atoms with van der Waals surface area (Å²) in [6, 6.07) is 4.99. The molecule has 0 saturated carbocycles. The zero-order valence-corrected chi connectivity index (χ0v) is 10.9. The average Bonchev–Trinajstić information content (AvgIpc) is 2.82. The smallest absolute Gasteiger partial charge is 0.0300 e. The van der Waals surface area contributed by atoms with E-state index in [2.05, 4.69) is 35.1 Å². The fourth-order valence-corrected chi connectivity index (χ4v) is 3.08. The van der Waals surface area contributed by atoms with E-state index >= 15 is 0 Å². The van der Waals surface area contributed by atoms with Crippen LogP contribution in [0.5, 0.6) is 0 Å². The summed E-state index contributed by atoms with van der Waals surface area (Å²) in [5, 5.41) is 9.30. The number of hydrogen-bond donors (Lipinski definition) is 2. The van der Waals surface area contributed by atoms with Crippen LogP contribution >= 0.6 is 11.3 Å². The summed E-state index contributed by atoms with van der Waals surface area (Å²) in [7, 11) is 0. The lowest BCUT2D eigenvalue weighted by Gasteiger charge is -2.29. The normalized spacial score (nSPS) is 25.8. The van der Waals surface area contributed by atoms with Crippen LogP contribution in [-0.4, -0.2) is 19.1 Å². The Morgan fingerprint density at radius 1 is 1.56 bits per heavy atom. The second-order valence-electron chi connectivity index (χ2n) is 4.66. The van der Waals surface area contributed by atoms with Crippen molar-refractivity contribution in [3.8, 4) is 0 Å². The molecule has 0 radical (unpaired) electrons. The van der Waals surface area contributed by atoms with Crippen LogP contribution in [0.25, 0.3) is 0 Å². The Morgan fingerprint density at radius 3 is 3.25 bits per heavy atom. The van der Waals surface area contributed by atoms with Crippen LogP contribution < -0.4 is 10.6 Å². The maximum atomic E-state index is 3.60. The zero-order chi connectivity index (χ0) is 11.2. The van der Waals surface area contributed by atoms with E-state index in [1.54, 1.807) is 0 Å². The first-order chi connectivity index (χ1) is 7.88. The molecule has 2 nitrogen and oxygen atoms in total. The van der Waals surface area contributed by atoms with Crippen molar-refractivity contribution in [3.63, 3.8) is 0 Å². The van der Waals surface area contributed by atoms with Gasteiger partial charge in [-0.1, -0.05) is 19.4 Å². The Balaban J connectivity index is 1.65. The van der Waals surface area contributed by atoms with Crippen molar-refractivity contribution in [2.24, 2.45) is 5.92 Å². The molecule has 1 aromatic rings. The Kier molecular flexibility index (Phi) is 4.82. The van der Waals surface area contributed by atoms with Crippen LogP contribution in [0.2, 0.25) is 0 Å². The lowest BCUT2D eigenvalue weighted by atomic mass is 9.90. The van der Waals surface area contributed by atoms with Crippen LogP contribution in [-0.2, 0) is 6.54 Å². The number of nitrogens with one attached hydrogen (secondary N) is 2. The van der Waals surface area contributed by atoms with E-state index in [4.69, 9.17) is 0 Å². The molecule has 1 aliphatic rings. The van der Waals surface area contributed by atoms with Crippen molar-refractivity contribution in [2.75, 3.05) is 13.1 Å². The van der Waals surface area contributed by atoms with Crippen molar-refractivity contribution in [3.05, 3.63) is 22.4 Å². The van der Waals surface area contributed by atoms with Gasteiger partial charge in [-0.05, 0) is 36.8 Å². The minimum Gasteiger partial charge on any atom is -0.313 e. The quantitative estimate of drug-likeness (QED) is 0.824. The molecule has 0 amide bonds. The first kappa shape index (κ1) is 12.1. The molecular formula is C13H22N2S. The standard InChI is InChI=1S/C13H22N2S/c1-2-11-5-6-15-12(8-11)9-14-10-13-4-3-7-16-13/h3-4,7,11-12,14-15H,2,5-6,8-10H2,1H3. The summed E-state index contributed by atoms with van der Waals surface area (Å²) >= 11 is 1.83. The van der Waals surface area contributed by atoms with E-state index in [9.17, 15) is 0 Å². The SMILES string of the molecule is CCC1CCNC(CNCc2cccs2)C1. The van der Waals surface area contributed by atoms with Gasteiger partial charge in [0.25, 0.3) is 0 Å². The molecule has 2 unspecified atom stereocenters. The van der Waals surface area contributed by atoms with Gasteiger partial charge in [0, 0.05) is 24.0 Å². The molecule has 2 heterocycles. The van der Waals surface area contributed by atoms with Crippen LogP contribution in [0.15, 0.2) is 17.5 Å². The summed E-state index contributed by atoms with van der Waals surface area (Å²) in [5.74, 6) is 0.940. The fraction of sp³-hybridized carbons (Fsp3) is 0.692. The third-order valence-electron chi connectivity index (χ3n) is 3.45. The minimum absolute atomic E-state index is 0.679. The van der Waals surface area contributed by atoms with Crippen LogP contribution in [0, 0.1) is 5.92 Å². The monoisotopic (exact) mass is 238 g/mol. The van der Waals surface area contributed by atoms with Crippen molar-refractivity contribution < 1.29 is 0 Å². The highest BCUT2D eigenvalue weighted by Crippen LogP contribution is 2.18. The summed E-state index contributed by atoms with van der Waals surface area (Å²) in [6.45, 7) is 5.64. The maximum Gasteiger partial charge on any atom is 0.0300 e. The predicted octanol–water partition coefficient (Wildman–Crippen LogP) is 2.62. The zero-order valence-electron chi connectivity index (χ0n) is 10.0. The molecule has 0 bridgehead atoms. The molecule has 0 aliphatic carbocycles. The van der Waals surface area contributed by atoms with Crippen molar-refractivity contribution in [1.29, 1.82) is 0 Å². The molecule has 2 N–H and O–H groups in total. The van der Waals surface area contributed by atoms with Crippen LogP contribution in [0.4, 0.5) is 0 Å². The second-order valence-corrected chi connectivity index (χ2v) is 5.69. The number of hydrogen-bond acceptors (Lipinski definition) is 3. The van der Waals surface area contributed by atoms with Crippen molar-refractivity contribution in [2.45, 2.75) is 38.8 Å². The summed E-state index contributed by atoms with van der Waals surface area (Å²) in [4.78, 5) is 1.43. The van der Waals surface area contributed by atoms with Gasteiger partial charge in [0.05, 0.1) is 0 Å². The topological polar surface area (TPSA) is 24.1 Å². The highest BCUT2D eigenvalue weighted by atomic mass is 32.1. The van der Waals surface area contributed by atoms with Gasteiger partial charge >= 0.3 is 0 Å². The molecule has 90 valence electrons. The van der Waals surface area contributed by atoms with Gasteiger partial charge in [0.15, 0.2) is 0 Å². The van der Waals surface area contributed by atoms with Gasteiger partial charge in [-0.3, -0.25) is 0 Å². The maximum absolute atomic E-state index is 3.60. The van der Waals surface area contributed by atoms with Crippen LogP contribution in [0.1, 0.15) is 31.1 Å².